The van der Waals surface area contributed by atoms with Crippen LogP contribution in [0.5, 0.6) is 11.5 Å². The van der Waals surface area contributed by atoms with Crippen molar-refractivity contribution < 1.29 is 9.47 Å². The molecule has 3 rings (SSSR count). The first-order valence-electron chi connectivity index (χ1n) is 9.79. The van der Waals surface area contributed by atoms with Crippen molar-refractivity contribution in [1.29, 1.82) is 0 Å². The Kier molecular flexibility index (Phi) is 7.04. The van der Waals surface area contributed by atoms with Gasteiger partial charge in [0.05, 0.1) is 13.2 Å². The highest BCUT2D eigenvalue weighted by molar-refractivity contribution is 7.99. The molecule has 2 N–H and O–H groups in total. The van der Waals surface area contributed by atoms with Gasteiger partial charge in [0, 0.05) is 11.3 Å². The lowest BCUT2D eigenvalue weighted by atomic mass is 9.98. The van der Waals surface area contributed by atoms with E-state index in [1.54, 1.807) is 0 Å². The zero-order valence-electron chi connectivity index (χ0n) is 17.4. The first kappa shape index (κ1) is 21.0. The fraction of sp³-hybridized carbons (Fsp3) is 0.364. The van der Waals surface area contributed by atoms with Crippen molar-refractivity contribution in [2.45, 2.75) is 38.8 Å². The van der Waals surface area contributed by atoms with Gasteiger partial charge in [0.1, 0.15) is 11.5 Å². The zero-order chi connectivity index (χ0) is 20.8. The first-order valence-corrected chi connectivity index (χ1v) is 10.8. The standard InChI is InChI=1S/C22H28N4O2S/c1-5-27-18-8-6-17(7-9-18)21-24-25-22(26(21)23)29-13-12-28-19-10-11-20(15(2)3)16(4)14-19/h6-11,14-15H,5,12-13,23H2,1-4H3. The van der Waals surface area contributed by atoms with Gasteiger partial charge in [-0.05, 0) is 67.3 Å². The summed E-state index contributed by atoms with van der Waals surface area (Å²) in [5.74, 6) is 9.76. The van der Waals surface area contributed by atoms with Crippen LogP contribution in [0, 0.1) is 6.92 Å². The molecule has 1 heterocycles. The van der Waals surface area contributed by atoms with E-state index in [0.717, 1.165) is 22.8 Å². The van der Waals surface area contributed by atoms with Gasteiger partial charge in [-0.2, -0.15) is 0 Å². The molecule has 0 aliphatic carbocycles. The van der Waals surface area contributed by atoms with Crippen LogP contribution in [0.3, 0.4) is 0 Å². The van der Waals surface area contributed by atoms with E-state index in [2.05, 4.69) is 43.1 Å². The molecule has 0 spiro atoms. The van der Waals surface area contributed by atoms with Crippen molar-refractivity contribution in [2.75, 3.05) is 24.8 Å². The van der Waals surface area contributed by atoms with Crippen molar-refractivity contribution in [2.24, 2.45) is 0 Å². The molecule has 29 heavy (non-hydrogen) atoms. The van der Waals surface area contributed by atoms with Crippen molar-refractivity contribution in [3.63, 3.8) is 0 Å². The molecule has 7 heteroatoms. The Labute approximate surface area is 176 Å². The third-order valence-electron chi connectivity index (χ3n) is 4.53. The lowest BCUT2D eigenvalue weighted by Gasteiger charge is -2.12. The Balaban J connectivity index is 1.55. The summed E-state index contributed by atoms with van der Waals surface area (Å²) >= 11 is 1.52. The van der Waals surface area contributed by atoms with E-state index in [-0.39, 0.29) is 0 Å². The number of hydrogen-bond donors (Lipinski definition) is 1. The largest absolute Gasteiger partial charge is 0.494 e. The SMILES string of the molecule is CCOc1ccc(-c2nnc(SCCOc3ccc(C(C)C)c(C)c3)n2N)cc1. The van der Waals surface area contributed by atoms with Crippen molar-refractivity contribution in [1.82, 2.24) is 14.9 Å². The Morgan fingerprint density at radius 3 is 2.41 bits per heavy atom. The highest BCUT2D eigenvalue weighted by atomic mass is 32.2. The monoisotopic (exact) mass is 412 g/mol. The lowest BCUT2D eigenvalue weighted by molar-refractivity contribution is 0.340. The minimum Gasteiger partial charge on any atom is -0.494 e. The van der Waals surface area contributed by atoms with Crippen LogP contribution >= 0.6 is 11.8 Å². The van der Waals surface area contributed by atoms with Crippen LogP contribution in [0.15, 0.2) is 47.6 Å². The molecule has 0 aliphatic rings. The molecule has 0 radical (unpaired) electrons. The number of aromatic nitrogens is 3. The predicted octanol–water partition coefficient (Wildman–Crippen LogP) is 4.66. The topological polar surface area (TPSA) is 75.2 Å². The Hall–Kier alpha value is -2.67. The number of rotatable bonds is 9. The maximum absolute atomic E-state index is 6.19. The second-order valence-electron chi connectivity index (χ2n) is 7.00. The summed E-state index contributed by atoms with van der Waals surface area (Å²) in [5.41, 5.74) is 3.50. The average molecular weight is 413 g/mol. The molecule has 3 aromatic rings. The molecule has 2 aromatic carbocycles. The zero-order valence-corrected chi connectivity index (χ0v) is 18.2. The summed E-state index contributed by atoms with van der Waals surface area (Å²) in [6, 6.07) is 13.9. The van der Waals surface area contributed by atoms with E-state index in [1.165, 1.54) is 27.6 Å². The van der Waals surface area contributed by atoms with Gasteiger partial charge in [-0.15, -0.1) is 10.2 Å². The number of thioether (sulfide) groups is 1. The van der Waals surface area contributed by atoms with E-state index in [4.69, 9.17) is 15.3 Å². The molecule has 154 valence electrons. The highest BCUT2D eigenvalue weighted by Crippen LogP contribution is 2.25. The number of nitrogens with two attached hydrogens (primary N) is 1. The number of nitrogens with zero attached hydrogens (tertiary/aromatic N) is 3. The van der Waals surface area contributed by atoms with Crippen LogP contribution in [-0.4, -0.2) is 33.8 Å². The minimum atomic E-state index is 0.514. The molecule has 0 bridgehead atoms. The molecule has 0 saturated heterocycles. The number of hydrogen-bond acceptors (Lipinski definition) is 6. The lowest BCUT2D eigenvalue weighted by Crippen LogP contribution is -2.12. The van der Waals surface area contributed by atoms with Gasteiger partial charge < -0.3 is 15.3 Å². The van der Waals surface area contributed by atoms with Crippen LogP contribution in [0.1, 0.15) is 37.8 Å². The molecule has 6 nitrogen and oxygen atoms in total. The van der Waals surface area contributed by atoms with Crippen LogP contribution in [-0.2, 0) is 0 Å². The van der Waals surface area contributed by atoms with Crippen LogP contribution in [0.25, 0.3) is 11.4 Å². The summed E-state index contributed by atoms with van der Waals surface area (Å²) in [6.07, 6.45) is 0. The third-order valence-corrected chi connectivity index (χ3v) is 5.44. The van der Waals surface area contributed by atoms with Gasteiger partial charge in [-0.3, -0.25) is 0 Å². The van der Waals surface area contributed by atoms with Crippen LogP contribution in [0.4, 0.5) is 0 Å². The first-order chi connectivity index (χ1) is 14.0. The van der Waals surface area contributed by atoms with Gasteiger partial charge in [0.15, 0.2) is 5.82 Å². The molecule has 1 aromatic heterocycles. The molecule has 0 amide bonds. The van der Waals surface area contributed by atoms with Gasteiger partial charge >= 0.3 is 0 Å². The molecule has 0 fully saturated rings. The van der Waals surface area contributed by atoms with Gasteiger partial charge in [-0.1, -0.05) is 31.7 Å². The Bertz CT molecular complexity index is 938. The Morgan fingerprint density at radius 1 is 1.03 bits per heavy atom. The number of benzene rings is 2. The second kappa shape index (κ2) is 9.69. The van der Waals surface area contributed by atoms with Gasteiger partial charge in [0.25, 0.3) is 0 Å². The quantitative estimate of drug-likeness (QED) is 0.313. The average Bonchev–Trinajstić information content (AvgIpc) is 3.06. The molecule has 0 atom stereocenters. The summed E-state index contributed by atoms with van der Waals surface area (Å²) in [6.45, 7) is 9.68. The normalized spacial score (nSPS) is 11.1. The minimum absolute atomic E-state index is 0.514. The van der Waals surface area contributed by atoms with E-state index < -0.39 is 0 Å². The number of nitrogen functional groups attached to an aromatic ring is 1. The van der Waals surface area contributed by atoms with E-state index in [0.29, 0.717) is 30.1 Å². The summed E-state index contributed by atoms with van der Waals surface area (Å²) in [5, 5.41) is 9.08. The fourth-order valence-corrected chi connectivity index (χ4v) is 3.79. The Morgan fingerprint density at radius 2 is 1.76 bits per heavy atom. The fourth-order valence-electron chi connectivity index (χ4n) is 3.12. The molecular formula is C22H28N4O2S. The van der Waals surface area contributed by atoms with Crippen LogP contribution in [0.2, 0.25) is 0 Å². The maximum atomic E-state index is 6.19. The molecule has 0 saturated carbocycles. The third kappa shape index (κ3) is 5.23. The van der Waals surface area contributed by atoms with E-state index >= 15 is 0 Å². The van der Waals surface area contributed by atoms with E-state index in [9.17, 15) is 0 Å². The molecule has 0 aliphatic heterocycles. The molecular weight excluding hydrogens is 384 g/mol. The van der Waals surface area contributed by atoms with Crippen LogP contribution < -0.4 is 15.3 Å². The van der Waals surface area contributed by atoms with Crippen molar-refractivity contribution in [3.8, 4) is 22.9 Å². The van der Waals surface area contributed by atoms with Crippen molar-refractivity contribution >= 4 is 11.8 Å². The van der Waals surface area contributed by atoms with Crippen molar-refractivity contribution in [3.05, 3.63) is 53.6 Å². The number of aryl methyl sites for hydroxylation is 1. The smallest absolute Gasteiger partial charge is 0.210 e. The highest BCUT2D eigenvalue weighted by Gasteiger charge is 2.12. The summed E-state index contributed by atoms with van der Waals surface area (Å²) < 4.78 is 12.9. The van der Waals surface area contributed by atoms with E-state index in [1.807, 2.05) is 37.3 Å². The number of ether oxygens (including phenoxy) is 2. The van der Waals surface area contributed by atoms with Gasteiger partial charge in [-0.25, -0.2) is 4.68 Å². The molecule has 0 unspecified atom stereocenters. The predicted molar refractivity (Wildman–Crippen MR) is 118 cm³/mol. The van der Waals surface area contributed by atoms with Gasteiger partial charge in [0.2, 0.25) is 5.16 Å². The second-order valence-corrected chi connectivity index (χ2v) is 8.07. The maximum Gasteiger partial charge on any atom is 0.210 e. The summed E-state index contributed by atoms with van der Waals surface area (Å²) in [4.78, 5) is 0. The summed E-state index contributed by atoms with van der Waals surface area (Å²) in [7, 11) is 0.